The molecular weight excluding hydrogens is 350 g/mol. The largest absolute Gasteiger partial charge is 0.460 e. The average molecular weight is 373 g/mol. The SMILES string of the molecule is O/N=C1\CCc2cc(-c3oc(C4CCNCC4)cc3-c3ccncc3)ccc21. The standard InChI is InChI=1S/C23H23N3O2/c27-26-21-4-2-17-13-18(1-3-19(17)21)23-20(15-5-9-24-10-6-15)14-22(28-23)16-7-11-25-12-8-16/h1,3,5-6,9-10,13-14,16,25,27H,2,4,7-8,11-12H2/b26-21+. The Bertz CT molecular complexity index is 1020. The second kappa shape index (κ2) is 7.24. The molecule has 0 amide bonds. The van der Waals surface area contributed by atoms with Crippen LogP contribution >= 0.6 is 0 Å². The summed E-state index contributed by atoms with van der Waals surface area (Å²) < 4.78 is 6.48. The molecule has 142 valence electrons. The van der Waals surface area contributed by atoms with E-state index < -0.39 is 0 Å². The minimum atomic E-state index is 0.457. The van der Waals surface area contributed by atoms with Crippen LogP contribution in [0.3, 0.4) is 0 Å². The molecule has 5 nitrogen and oxygen atoms in total. The van der Waals surface area contributed by atoms with Gasteiger partial charge in [0.1, 0.15) is 11.5 Å². The predicted molar refractivity (Wildman–Crippen MR) is 109 cm³/mol. The number of fused-ring (bicyclic) bond motifs is 1. The highest BCUT2D eigenvalue weighted by molar-refractivity contribution is 6.04. The first kappa shape index (κ1) is 17.2. The van der Waals surface area contributed by atoms with Crippen molar-refractivity contribution in [2.24, 2.45) is 5.16 Å². The first-order valence-corrected chi connectivity index (χ1v) is 9.93. The molecule has 3 aromatic rings. The van der Waals surface area contributed by atoms with E-state index in [-0.39, 0.29) is 0 Å². The van der Waals surface area contributed by atoms with E-state index >= 15 is 0 Å². The normalized spacial score (nSPS) is 18.5. The summed E-state index contributed by atoms with van der Waals surface area (Å²) in [7, 11) is 0. The van der Waals surface area contributed by atoms with Gasteiger partial charge in [-0.25, -0.2) is 0 Å². The molecule has 2 aromatic heterocycles. The summed E-state index contributed by atoms with van der Waals surface area (Å²) in [5.41, 5.74) is 6.33. The van der Waals surface area contributed by atoms with Gasteiger partial charge in [-0.1, -0.05) is 17.3 Å². The van der Waals surface area contributed by atoms with Crippen LogP contribution in [0.1, 0.15) is 42.1 Å². The molecule has 0 spiro atoms. The highest BCUT2D eigenvalue weighted by Crippen LogP contribution is 2.40. The summed E-state index contributed by atoms with van der Waals surface area (Å²) in [5, 5.41) is 16.1. The third-order valence-electron chi connectivity index (χ3n) is 5.91. The summed E-state index contributed by atoms with van der Waals surface area (Å²) in [6.45, 7) is 2.07. The molecule has 5 rings (SSSR count). The number of rotatable bonds is 3. The fourth-order valence-electron chi connectivity index (χ4n) is 4.39. The van der Waals surface area contributed by atoms with Gasteiger partial charge in [-0.05, 0) is 74.2 Å². The first-order chi connectivity index (χ1) is 13.8. The van der Waals surface area contributed by atoms with Crippen LogP contribution in [0.15, 0.2) is 58.4 Å². The quantitative estimate of drug-likeness (QED) is 0.520. The van der Waals surface area contributed by atoms with Crippen LogP contribution in [0.4, 0.5) is 0 Å². The Labute approximate surface area is 164 Å². The van der Waals surface area contributed by atoms with E-state index in [1.165, 1.54) is 5.56 Å². The molecule has 28 heavy (non-hydrogen) atoms. The van der Waals surface area contributed by atoms with Gasteiger partial charge in [0.15, 0.2) is 0 Å². The van der Waals surface area contributed by atoms with Crippen molar-refractivity contribution >= 4 is 5.71 Å². The van der Waals surface area contributed by atoms with E-state index in [0.717, 1.165) is 78.3 Å². The molecule has 3 heterocycles. The van der Waals surface area contributed by atoms with Crippen molar-refractivity contribution < 1.29 is 9.62 Å². The number of nitrogens with one attached hydrogen (secondary N) is 1. The Kier molecular flexibility index (Phi) is 4.45. The lowest BCUT2D eigenvalue weighted by atomic mass is 9.94. The lowest BCUT2D eigenvalue weighted by molar-refractivity contribution is 0.318. The summed E-state index contributed by atoms with van der Waals surface area (Å²) in [6.07, 6.45) is 7.53. The fraction of sp³-hybridized carbons (Fsp3) is 0.304. The van der Waals surface area contributed by atoms with Crippen LogP contribution < -0.4 is 5.32 Å². The number of hydrogen-bond donors (Lipinski definition) is 2. The first-order valence-electron chi connectivity index (χ1n) is 9.93. The summed E-state index contributed by atoms with van der Waals surface area (Å²) in [5.74, 6) is 2.44. The number of pyridine rings is 1. The topological polar surface area (TPSA) is 70.7 Å². The average Bonchev–Trinajstić information content (AvgIpc) is 3.39. The zero-order chi connectivity index (χ0) is 18.9. The van der Waals surface area contributed by atoms with Gasteiger partial charge in [-0.2, -0.15) is 0 Å². The highest BCUT2D eigenvalue weighted by atomic mass is 16.4. The van der Waals surface area contributed by atoms with Gasteiger partial charge in [0.25, 0.3) is 0 Å². The minimum absolute atomic E-state index is 0.457. The van der Waals surface area contributed by atoms with E-state index in [1.807, 2.05) is 24.5 Å². The van der Waals surface area contributed by atoms with Crippen molar-refractivity contribution in [1.82, 2.24) is 10.3 Å². The third kappa shape index (κ3) is 3.02. The second-order valence-electron chi connectivity index (χ2n) is 7.57. The van der Waals surface area contributed by atoms with Gasteiger partial charge in [0, 0.05) is 35.0 Å². The molecule has 0 saturated carbocycles. The maximum atomic E-state index is 9.20. The van der Waals surface area contributed by atoms with Gasteiger partial charge in [0.05, 0.1) is 5.71 Å². The third-order valence-corrected chi connectivity index (χ3v) is 5.91. The maximum absolute atomic E-state index is 9.20. The van der Waals surface area contributed by atoms with Crippen molar-refractivity contribution in [3.05, 3.63) is 65.7 Å². The van der Waals surface area contributed by atoms with Crippen LogP contribution in [0.5, 0.6) is 0 Å². The molecule has 1 fully saturated rings. The van der Waals surface area contributed by atoms with Crippen molar-refractivity contribution in [1.29, 1.82) is 0 Å². The van der Waals surface area contributed by atoms with Gasteiger partial charge in [-0.3, -0.25) is 4.98 Å². The van der Waals surface area contributed by atoms with Gasteiger partial charge < -0.3 is 14.9 Å². The summed E-state index contributed by atoms with van der Waals surface area (Å²) in [4.78, 5) is 4.16. The Morgan fingerprint density at radius 1 is 0.964 bits per heavy atom. The number of aromatic nitrogens is 1. The van der Waals surface area contributed by atoms with Crippen molar-refractivity contribution in [2.75, 3.05) is 13.1 Å². The van der Waals surface area contributed by atoms with E-state index in [0.29, 0.717) is 5.92 Å². The minimum Gasteiger partial charge on any atom is -0.460 e. The maximum Gasteiger partial charge on any atom is 0.142 e. The monoisotopic (exact) mass is 373 g/mol. The molecule has 0 atom stereocenters. The molecule has 0 radical (unpaired) electrons. The molecule has 0 bridgehead atoms. The van der Waals surface area contributed by atoms with Crippen LogP contribution in [-0.2, 0) is 6.42 Å². The van der Waals surface area contributed by atoms with Crippen LogP contribution in [-0.4, -0.2) is 29.0 Å². The fourth-order valence-corrected chi connectivity index (χ4v) is 4.39. The molecular formula is C23H23N3O2. The zero-order valence-electron chi connectivity index (χ0n) is 15.7. The summed E-state index contributed by atoms with van der Waals surface area (Å²) >= 11 is 0. The number of furan rings is 1. The predicted octanol–water partition coefficient (Wildman–Crippen LogP) is 4.60. The summed E-state index contributed by atoms with van der Waals surface area (Å²) in [6, 6.07) is 12.6. The number of nitrogens with zero attached hydrogens (tertiary/aromatic N) is 2. The number of piperidine rings is 1. The number of hydrogen-bond acceptors (Lipinski definition) is 5. The molecule has 2 N–H and O–H groups in total. The van der Waals surface area contributed by atoms with E-state index in [1.54, 1.807) is 0 Å². The van der Waals surface area contributed by atoms with Crippen molar-refractivity contribution in [2.45, 2.75) is 31.6 Å². The smallest absolute Gasteiger partial charge is 0.142 e. The number of benzene rings is 1. The van der Waals surface area contributed by atoms with E-state index in [9.17, 15) is 5.21 Å². The van der Waals surface area contributed by atoms with E-state index in [2.05, 4.69) is 39.7 Å². The molecule has 1 saturated heterocycles. The van der Waals surface area contributed by atoms with E-state index in [4.69, 9.17) is 4.42 Å². The Balaban J connectivity index is 1.61. The Morgan fingerprint density at radius 3 is 2.57 bits per heavy atom. The number of oxime groups is 1. The molecule has 0 unspecified atom stereocenters. The van der Waals surface area contributed by atoms with Crippen LogP contribution in [0.2, 0.25) is 0 Å². The Hall–Kier alpha value is -2.92. The highest BCUT2D eigenvalue weighted by Gasteiger charge is 2.24. The zero-order valence-corrected chi connectivity index (χ0v) is 15.7. The lowest BCUT2D eigenvalue weighted by Gasteiger charge is -2.20. The van der Waals surface area contributed by atoms with Crippen LogP contribution in [0, 0.1) is 0 Å². The molecule has 1 aliphatic carbocycles. The van der Waals surface area contributed by atoms with Gasteiger partial charge in [-0.15, -0.1) is 0 Å². The molecule has 1 aliphatic heterocycles. The van der Waals surface area contributed by atoms with Gasteiger partial charge >= 0.3 is 0 Å². The van der Waals surface area contributed by atoms with Crippen LogP contribution in [0.25, 0.3) is 22.5 Å². The van der Waals surface area contributed by atoms with Crippen molar-refractivity contribution in [3.8, 4) is 22.5 Å². The molecule has 5 heteroatoms. The lowest BCUT2D eigenvalue weighted by Crippen LogP contribution is -2.26. The second-order valence-corrected chi connectivity index (χ2v) is 7.57. The van der Waals surface area contributed by atoms with Crippen molar-refractivity contribution in [3.63, 3.8) is 0 Å². The molecule has 2 aliphatic rings. The Morgan fingerprint density at radius 2 is 1.79 bits per heavy atom. The number of aryl methyl sites for hydroxylation is 1. The molecule has 1 aromatic carbocycles. The van der Waals surface area contributed by atoms with Gasteiger partial charge in [0.2, 0.25) is 0 Å².